The Morgan fingerprint density at radius 2 is 0.356 bits per heavy atom. The summed E-state index contributed by atoms with van der Waals surface area (Å²) in [7, 11) is 5.10. The molecule has 7 heteroatoms. The van der Waals surface area contributed by atoms with Gasteiger partial charge in [-0.05, 0) is 272 Å². The minimum Gasteiger partial charge on any atom is -0.497 e. The molecule has 0 aliphatic rings. The van der Waals surface area contributed by atoms with Crippen LogP contribution in [-0.2, 0) is 0 Å². The number of anilines is 12. The van der Waals surface area contributed by atoms with E-state index in [0.29, 0.717) is 0 Å². The average Bonchev–Trinajstić information content (AvgIpc) is 2.61. The van der Waals surface area contributed by atoms with E-state index in [1.54, 1.807) is 21.3 Å². The zero-order valence-electron chi connectivity index (χ0n) is 50.6. The lowest BCUT2D eigenvalue weighted by Gasteiger charge is -2.27. The minimum absolute atomic E-state index is 0.805. The standard InChI is InChI=1S/C80H70N4O3/c1-55-9-25-66(26-10-55)83(76-27-11-56(2)58(4)53-76)71-37-21-64(22-38-71)62-17-33-69(34-18-62)81(73-41-47-78(85-6)48-42-73)67-29-13-60(14-30-67)61-15-31-68(32-16-61)82(74-43-49-79(86-7)50-44-74)70-35-19-63(20-36-70)65-23-39-72(40-24-65)84(75-45-51-80(87-8)52-46-75)77-28-12-57(3)59(5)54-77/h9-54H,1-8H3. The summed E-state index contributed by atoms with van der Waals surface area (Å²) in [6, 6.07) is 99.8. The van der Waals surface area contributed by atoms with Crippen molar-refractivity contribution in [2.45, 2.75) is 34.6 Å². The van der Waals surface area contributed by atoms with Crippen LogP contribution in [0, 0.1) is 34.6 Å². The van der Waals surface area contributed by atoms with Crippen LogP contribution in [0.5, 0.6) is 17.2 Å². The SMILES string of the molecule is COc1ccc(N(c2ccc(-c3ccc(N(c4ccc(OC)cc4)c4ccc(-c5ccc(N(c6ccc(OC)cc6)c6ccc(C)c(C)c6)cc5)cc4)cc3)cc2)c2ccc(-c3ccc(N(c4ccc(C)cc4)c4ccc(C)c(C)c4)cc3)cc2)cc1. The van der Waals surface area contributed by atoms with Crippen molar-refractivity contribution in [3.8, 4) is 50.6 Å². The maximum atomic E-state index is 5.59. The summed E-state index contributed by atoms with van der Waals surface area (Å²) in [6.45, 7) is 10.8. The molecule has 12 aromatic rings. The molecule has 0 bridgehead atoms. The van der Waals surface area contributed by atoms with Gasteiger partial charge in [0.15, 0.2) is 0 Å². The van der Waals surface area contributed by atoms with Crippen molar-refractivity contribution in [3.63, 3.8) is 0 Å². The van der Waals surface area contributed by atoms with Gasteiger partial charge in [-0.2, -0.15) is 0 Å². The van der Waals surface area contributed by atoms with E-state index in [1.165, 1.54) is 27.8 Å². The molecule has 12 aromatic carbocycles. The molecular formula is C80H70N4O3. The summed E-state index contributed by atoms with van der Waals surface area (Å²) in [4.78, 5) is 9.20. The van der Waals surface area contributed by atoms with Crippen LogP contribution in [0.15, 0.2) is 279 Å². The number of hydrogen-bond acceptors (Lipinski definition) is 7. The van der Waals surface area contributed by atoms with Gasteiger partial charge in [0.25, 0.3) is 0 Å². The normalized spacial score (nSPS) is 11.0. The Kier molecular flexibility index (Phi) is 16.4. The highest BCUT2D eigenvalue weighted by Gasteiger charge is 2.19. The van der Waals surface area contributed by atoms with E-state index in [0.717, 1.165) is 119 Å². The molecule has 0 aliphatic carbocycles. The van der Waals surface area contributed by atoms with Crippen molar-refractivity contribution >= 4 is 68.2 Å². The largest absolute Gasteiger partial charge is 0.497 e. The molecule has 0 N–H and O–H groups in total. The summed E-state index contributed by atoms with van der Waals surface area (Å²) in [6.07, 6.45) is 0. The molecule has 12 rings (SSSR count). The molecule has 0 atom stereocenters. The zero-order valence-corrected chi connectivity index (χ0v) is 50.6. The quantitative estimate of drug-likeness (QED) is 0.0848. The van der Waals surface area contributed by atoms with Crippen LogP contribution in [0.4, 0.5) is 68.2 Å². The molecule has 0 unspecified atom stereocenters. The number of ether oxygens (including phenoxy) is 3. The molecule has 0 saturated carbocycles. The Morgan fingerprint density at radius 1 is 0.184 bits per heavy atom. The lowest BCUT2D eigenvalue weighted by atomic mass is 10.0. The van der Waals surface area contributed by atoms with E-state index >= 15 is 0 Å². The van der Waals surface area contributed by atoms with Crippen LogP contribution < -0.4 is 33.8 Å². The smallest absolute Gasteiger partial charge is 0.119 e. The second kappa shape index (κ2) is 25.2. The van der Waals surface area contributed by atoms with Crippen molar-refractivity contribution in [3.05, 3.63) is 307 Å². The van der Waals surface area contributed by atoms with Gasteiger partial charge in [-0.1, -0.05) is 103 Å². The third-order valence-corrected chi connectivity index (χ3v) is 16.5. The summed E-state index contributed by atoms with van der Waals surface area (Å²) >= 11 is 0. The number of aryl methyl sites for hydroxylation is 5. The number of rotatable bonds is 18. The van der Waals surface area contributed by atoms with Crippen molar-refractivity contribution in [1.82, 2.24) is 0 Å². The Balaban J connectivity index is 0.793. The van der Waals surface area contributed by atoms with Crippen molar-refractivity contribution in [1.29, 1.82) is 0 Å². The fraction of sp³-hybridized carbons (Fsp3) is 0.100. The molecule has 0 heterocycles. The van der Waals surface area contributed by atoms with Gasteiger partial charge in [-0.3, -0.25) is 0 Å². The summed E-state index contributed by atoms with van der Waals surface area (Å²) in [5.41, 5.74) is 25.9. The second-order valence-electron chi connectivity index (χ2n) is 22.1. The van der Waals surface area contributed by atoms with Crippen LogP contribution in [0.1, 0.15) is 27.8 Å². The first-order chi connectivity index (χ1) is 42.5. The molecule has 87 heavy (non-hydrogen) atoms. The van der Waals surface area contributed by atoms with E-state index in [1.807, 2.05) is 36.4 Å². The molecule has 0 fully saturated rings. The van der Waals surface area contributed by atoms with Gasteiger partial charge < -0.3 is 33.8 Å². The molecular weight excluding hydrogens is 1060 g/mol. The Morgan fingerprint density at radius 3 is 0.552 bits per heavy atom. The van der Waals surface area contributed by atoms with Crippen LogP contribution >= 0.6 is 0 Å². The number of methoxy groups -OCH3 is 3. The Labute approximate surface area is 512 Å². The van der Waals surface area contributed by atoms with Crippen molar-refractivity contribution in [2.75, 3.05) is 40.9 Å². The van der Waals surface area contributed by atoms with E-state index in [4.69, 9.17) is 14.2 Å². The highest BCUT2D eigenvalue weighted by Crippen LogP contribution is 2.43. The molecule has 0 aromatic heterocycles. The van der Waals surface area contributed by atoms with Crippen molar-refractivity contribution < 1.29 is 14.2 Å². The summed E-state index contributed by atoms with van der Waals surface area (Å²) in [5.74, 6) is 2.44. The first-order valence-corrected chi connectivity index (χ1v) is 29.5. The van der Waals surface area contributed by atoms with Crippen LogP contribution in [0.2, 0.25) is 0 Å². The third kappa shape index (κ3) is 12.3. The summed E-state index contributed by atoms with van der Waals surface area (Å²) in [5, 5.41) is 0. The fourth-order valence-corrected chi connectivity index (χ4v) is 11.2. The molecule has 7 nitrogen and oxygen atoms in total. The molecule has 0 aliphatic heterocycles. The average molecular weight is 1140 g/mol. The van der Waals surface area contributed by atoms with Gasteiger partial charge in [0.2, 0.25) is 0 Å². The fourth-order valence-electron chi connectivity index (χ4n) is 11.2. The third-order valence-electron chi connectivity index (χ3n) is 16.5. The van der Waals surface area contributed by atoms with E-state index in [2.05, 4.69) is 297 Å². The minimum atomic E-state index is 0.805. The van der Waals surface area contributed by atoms with E-state index in [-0.39, 0.29) is 0 Å². The topological polar surface area (TPSA) is 40.6 Å². The monoisotopic (exact) mass is 1130 g/mol. The van der Waals surface area contributed by atoms with Gasteiger partial charge in [0.1, 0.15) is 17.2 Å². The summed E-state index contributed by atoms with van der Waals surface area (Å²) < 4.78 is 16.7. The van der Waals surface area contributed by atoms with Gasteiger partial charge in [0, 0.05) is 68.2 Å². The predicted octanol–water partition coefficient (Wildman–Crippen LogP) is 22.1. The van der Waals surface area contributed by atoms with Gasteiger partial charge in [0.05, 0.1) is 21.3 Å². The molecule has 0 amide bonds. The highest BCUT2D eigenvalue weighted by molar-refractivity contribution is 5.85. The van der Waals surface area contributed by atoms with Gasteiger partial charge in [-0.15, -0.1) is 0 Å². The van der Waals surface area contributed by atoms with E-state index < -0.39 is 0 Å². The zero-order chi connectivity index (χ0) is 60.0. The second-order valence-corrected chi connectivity index (χ2v) is 22.1. The van der Waals surface area contributed by atoms with E-state index in [9.17, 15) is 0 Å². The molecule has 428 valence electrons. The lowest BCUT2D eigenvalue weighted by Crippen LogP contribution is -2.10. The number of hydrogen-bond donors (Lipinski definition) is 0. The molecule has 0 saturated heterocycles. The van der Waals surface area contributed by atoms with Gasteiger partial charge in [-0.25, -0.2) is 0 Å². The predicted molar refractivity (Wildman–Crippen MR) is 365 cm³/mol. The maximum absolute atomic E-state index is 5.59. The lowest BCUT2D eigenvalue weighted by molar-refractivity contribution is 0.414. The Bertz CT molecular complexity index is 4260. The van der Waals surface area contributed by atoms with Gasteiger partial charge >= 0.3 is 0 Å². The first-order valence-electron chi connectivity index (χ1n) is 29.5. The molecule has 0 spiro atoms. The van der Waals surface area contributed by atoms with Crippen LogP contribution in [0.3, 0.4) is 0 Å². The number of nitrogens with zero attached hydrogens (tertiary/aromatic N) is 4. The number of benzene rings is 12. The Hall–Kier alpha value is -10.8. The maximum Gasteiger partial charge on any atom is 0.119 e. The first kappa shape index (κ1) is 56.7. The highest BCUT2D eigenvalue weighted by atomic mass is 16.5. The van der Waals surface area contributed by atoms with Crippen LogP contribution in [-0.4, -0.2) is 21.3 Å². The molecule has 0 radical (unpaired) electrons. The van der Waals surface area contributed by atoms with Crippen molar-refractivity contribution in [2.24, 2.45) is 0 Å². The van der Waals surface area contributed by atoms with Crippen LogP contribution in [0.25, 0.3) is 33.4 Å².